The van der Waals surface area contributed by atoms with Gasteiger partial charge in [-0.3, -0.25) is 10.2 Å². The first-order valence-corrected chi connectivity index (χ1v) is 11.3. The van der Waals surface area contributed by atoms with E-state index in [9.17, 15) is 9.18 Å². The summed E-state index contributed by atoms with van der Waals surface area (Å²) in [6, 6.07) is 23.5. The zero-order valence-corrected chi connectivity index (χ0v) is 18.3. The van der Waals surface area contributed by atoms with Crippen LogP contribution in [0.3, 0.4) is 0 Å². The molecule has 1 saturated heterocycles. The van der Waals surface area contributed by atoms with E-state index < -0.39 is 11.7 Å². The molecule has 0 aliphatic carbocycles. The summed E-state index contributed by atoms with van der Waals surface area (Å²) in [4.78, 5) is 17.9. The van der Waals surface area contributed by atoms with Gasteiger partial charge < -0.3 is 4.90 Å². The van der Waals surface area contributed by atoms with E-state index in [0.717, 1.165) is 37.2 Å². The zero-order chi connectivity index (χ0) is 21.6. The molecule has 1 aliphatic rings. The van der Waals surface area contributed by atoms with Crippen LogP contribution in [-0.2, 0) is 6.42 Å². The van der Waals surface area contributed by atoms with Crippen LogP contribution in [0, 0.1) is 12.7 Å². The van der Waals surface area contributed by atoms with E-state index in [-0.39, 0.29) is 5.56 Å². The summed E-state index contributed by atoms with van der Waals surface area (Å²) in [5.41, 5.74) is 6.25. The minimum Gasteiger partial charge on any atom is -0.301 e. The SMILES string of the molecule is Cc1cc(-c2ccccc2)cc(C(=O)NNSC2CN(CCc3ccccc3)C2)c1F. The number of nitrogens with one attached hydrogen (secondary N) is 2. The Morgan fingerprint density at radius 1 is 1.03 bits per heavy atom. The maximum absolute atomic E-state index is 14.6. The number of likely N-dealkylation sites (tertiary alicyclic amines) is 1. The van der Waals surface area contributed by atoms with Crippen molar-refractivity contribution in [3.05, 3.63) is 95.3 Å². The number of amides is 1. The van der Waals surface area contributed by atoms with E-state index in [1.165, 1.54) is 17.5 Å². The van der Waals surface area contributed by atoms with Gasteiger partial charge in [0.1, 0.15) is 5.82 Å². The minimum absolute atomic E-state index is 0.0463. The number of aryl methyl sites for hydroxylation is 1. The third kappa shape index (κ3) is 5.53. The van der Waals surface area contributed by atoms with Crippen LogP contribution in [0.2, 0.25) is 0 Å². The zero-order valence-electron chi connectivity index (χ0n) is 17.5. The molecule has 1 heterocycles. The van der Waals surface area contributed by atoms with Gasteiger partial charge in [-0.2, -0.15) is 4.83 Å². The number of carbonyl (C=O) groups is 1. The lowest BCUT2D eigenvalue weighted by Crippen LogP contribution is -2.51. The van der Waals surface area contributed by atoms with Crippen molar-refractivity contribution in [1.29, 1.82) is 0 Å². The second-order valence-electron chi connectivity index (χ2n) is 7.81. The first-order chi connectivity index (χ1) is 15.1. The molecule has 1 amide bonds. The molecular formula is C25H26FN3OS. The van der Waals surface area contributed by atoms with Crippen molar-refractivity contribution >= 4 is 17.9 Å². The summed E-state index contributed by atoms with van der Waals surface area (Å²) in [7, 11) is 0. The Kier molecular flexibility index (Phi) is 7.02. The smallest absolute Gasteiger partial charge is 0.269 e. The Balaban J connectivity index is 1.25. The first kappa shape index (κ1) is 21.6. The van der Waals surface area contributed by atoms with Gasteiger partial charge in [0.15, 0.2) is 0 Å². The van der Waals surface area contributed by atoms with Gasteiger partial charge in [0, 0.05) is 24.9 Å². The average molecular weight is 436 g/mol. The third-order valence-electron chi connectivity index (χ3n) is 5.48. The molecule has 1 fully saturated rings. The highest BCUT2D eigenvalue weighted by Crippen LogP contribution is 2.25. The number of rotatable bonds is 8. The second-order valence-corrected chi connectivity index (χ2v) is 8.92. The molecule has 0 bridgehead atoms. The van der Waals surface area contributed by atoms with Gasteiger partial charge >= 0.3 is 0 Å². The Hall–Kier alpha value is -2.67. The van der Waals surface area contributed by atoms with Crippen molar-refractivity contribution in [1.82, 2.24) is 15.2 Å². The Labute approximate surface area is 187 Å². The highest BCUT2D eigenvalue weighted by atomic mass is 32.2. The molecule has 0 spiro atoms. The summed E-state index contributed by atoms with van der Waals surface area (Å²) >= 11 is 1.48. The molecule has 31 heavy (non-hydrogen) atoms. The van der Waals surface area contributed by atoms with Gasteiger partial charge in [0.05, 0.1) is 5.56 Å². The molecule has 3 aromatic rings. The molecule has 0 saturated carbocycles. The van der Waals surface area contributed by atoms with E-state index in [0.29, 0.717) is 10.8 Å². The molecule has 4 rings (SSSR count). The number of hydrogen-bond donors (Lipinski definition) is 2. The van der Waals surface area contributed by atoms with E-state index >= 15 is 0 Å². The van der Waals surface area contributed by atoms with Crippen molar-refractivity contribution in [3.8, 4) is 11.1 Å². The third-order valence-corrected chi connectivity index (χ3v) is 6.33. The van der Waals surface area contributed by atoms with Crippen LogP contribution in [0.15, 0.2) is 72.8 Å². The van der Waals surface area contributed by atoms with Crippen LogP contribution >= 0.6 is 11.9 Å². The first-order valence-electron chi connectivity index (χ1n) is 10.4. The molecule has 0 radical (unpaired) electrons. The Morgan fingerprint density at radius 3 is 2.42 bits per heavy atom. The number of benzene rings is 3. The number of nitrogens with zero attached hydrogens (tertiary/aromatic N) is 1. The second kappa shape index (κ2) is 10.1. The van der Waals surface area contributed by atoms with Gasteiger partial charge in [-0.05, 0) is 47.7 Å². The summed E-state index contributed by atoms with van der Waals surface area (Å²) in [5, 5.41) is 0.401. The predicted molar refractivity (Wildman–Crippen MR) is 125 cm³/mol. The fraction of sp³-hybridized carbons (Fsp3) is 0.240. The van der Waals surface area contributed by atoms with E-state index in [4.69, 9.17) is 0 Å². The van der Waals surface area contributed by atoms with Crippen LogP contribution in [0.5, 0.6) is 0 Å². The summed E-state index contributed by atoms with van der Waals surface area (Å²) in [6.07, 6.45) is 1.04. The largest absolute Gasteiger partial charge is 0.301 e. The van der Waals surface area contributed by atoms with Gasteiger partial charge in [-0.1, -0.05) is 72.6 Å². The highest BCUT2D eigenvalue weighted by Gasteiger charge is 2.27. The molecule has 1 aliphatic heterocycles. The molecule has 2 N–H and O–H groups in total. The van der Waals surface area contributed by atoms with Gasteiger partial charge in [0.2, 0.25) is 0 Å². The fourth-order valence-corrected chi connectivity index (χ4v) is 4.56. The minimum atomic E-state index is -0.486. The van der Waals surface area contributed by atoms with E-state index in [1.807, 2.05) is 36.4 Å². The molecule has 160 valence electrons. The quantitative estimate of drug-likeness (QED) is 0.401. The summed E-state index contributed by atoms with van der Waals surface area (Å²) in [6.45, 7) is 4.65. The van der Waals surface area contributed by atoms with Crippen LogP contribution in [0.4, 0.5) is 4.39 Å². The monoisotopic (exact) mass is 435 g/mol. The number of hydrogen-bond acceptors (Lipinski definition) is 4. The number of carbonyl (C=O) groups excluding carboxylic acids is 1. The highest BCUT2D eigenvalue weighted by molar-refractivity contribution is 7.98. The van der Waals surface area contributed by atoms with Crippen LogP contribution in [-0.4, -0.2) is 35.7 Å². The summed E-state index contributed by atoms with van der Waals surface area (Å²) in [5.74, 6) is -0.953. The summed E-state index contributed by atoms with van der Waals surface area (Å²) < 4.78 is 14.6. The van der Waals surface area contributed by atoms with Crippen LogP contribution < -0.4 is 10.3 Å². The van der Waals surface area contributed by atoms with Crippen molar-refractivity contribution in [2.24, 2.45) is 0 Å². The molecule has 6 heteroatoms. The van der Waals surface area contributed by atoms with Crippen LogP contribution in [0.1, 0.15) is 21.5 Å². The van der Waals surface area contributed by atoms with Gasteiger partial charge in [0.25, 0.3) is 5.91 Å². The topological polar surface area (TPSA) is 44.4 Å². The lowest BCUT2D eigenvalue weighted by Gasteiger charge is -2.38. The lowest BCUT2D eigenvalue weighted by molar-refractivity contribution is 0.0942. The Bertz CT molecular complexity index is 1020. The molecule has 0 aromatic heterocycles. The van der Waals surface area contributed by atoms with Gasteiger partial charge in [-0.15, -0.1) is 0 Å². The average Bonchev–Trinajstić information content (AvgIpc) is 2.77. The molecule has 3 aromatic carbocycles. The van der Waals surface area contributed by atoms with E-state index in [2.05, 4.69) is 39.4 Å². The molecular weight excluding hydrogens is 409 g/mol. The normalized spacial score (nSPS) is 14.3. The van der Waals surface area contributed by atoms with E-state index in [1.54, 1.807) is 19.1 Å². The maximum atomic E-state index is 14.6. The predicted octanol–water partition coefficient (Wildman–Crippen LogP) is 4.61. The fourth-order valence-electron chi connectivity index (χ4n) is 3.67. The standard InChI is InChI=1S/C25H26FN3OS/c1-18-14-21(20-10-6-3-7-11-20)15-23(24(18)26)25(30)27-28-31-22-16-29(17-22)13-12-19-8-4-2-5-9-19/h2-11,14-15,22,28H,12-13,16-17H2,1H3,(H,27,30). The van der Waals surface area contributed by atoms with Crippen molar-refractivity contribution < 1.29 is 9.18 Å². The number of halogens is 1. The molecule has 0 atom stereocenters. The Morgan fingerprint density at radius 2 is 1.71 bits per heavy atom. The number of hydrazine groups is 1. The van der Waals surface area contributed by atoms with Crippen LogP contribution in [0.25, 0.3) is 11.1 Å². The van der Waals surface area contributed by atoms with Gasteiger partial charge in [-0.25, -0.2) is 4.39 Å². The maximum Gasteiger partial charge on any atom is 0.269 e. The van der Waals surface area contributed by atoms with Crippen molar-refractivity contribution in [2.45, 2.75) is 18.6 Å². The van der Waals surface area contributed by atoms with Crippen molar-refractivity contribution in [3.63, 3.8) is 0 Å². The lowest BCUT2D eigenvalue weighted by atomic mass is 9.99. The van der Waals surface area contributed by atoms with Crippen molar-refractivity contribution in [2.75, 3.05) is 19.6 Å². The molecule has 4 nitrogen and oxygen atoms in total. The molecule has 0 unspecified atom stereocenters.